The highest BCUT2D eigenvalue weighted by molar-refractivity contribution is 6.37. The second-order valence-electron chi connectivity index (χ2n) is 4.21. The first-order valence-corrected chi connectivity index (χ1v) is 4.73. The van der Waals surface area contributed by atoms with Crippen LogP contribution in [-0.4, -0.2) is 39.5 Å². The van der Waals surface area contributed by atoms with Crippen molar-refractivity contribution in [2.24, 2.45) is 16.8 Å². The van der Waals surface area contributed by atoms with Crippen molar-refractivity contribution in [3.63, 3.8) is 0 Å². The van der Waals surface area contributed by atoms with Crippen molar-refractivity contribution >= 4 is 17.7 Å². The van der Waals surface area contributed by atoms with Crippen LogP contribution in [0, 0.1) is 5.92 Å². The molecule has 7 nitrogen and oxygen atoms in total. The zero-order valence-electron chi connectivity index (χ0n) is 9.01. The number of carboxylic acids is 2. The molecule has 1 rings (SSSR count). The van der Waals surface area contributed by atoms with E-state index in [1.807, 2.05) is 0 Å². The van der Waals surface area contributed by atoms with E-state index >= 15 is 0 Å². The molecular formula is C9H14N2O5. The number of oxime groups is 1. The van der Waals surface area contributed by atoms with E-state index in [-0.39, 0.29) is 12.1 Å². The first-order chi connectivity index (χ1) is 7.25. The van der Waals surface area contributed by atoms with Crippen molar-refractivity contribution in [1.82, 2.24) is 0 Å². The Morgan fingerprint density at radius 3 is 2.56 bits per heavy atom. The fourth-order valence-electron chi connectivity index (χ4n) is 1.56. The third-order valence-corrected chi connectivity index (χ3v) is 2.57. The highest BCUT2D eigenvalue weighted by atomic mass is 16.7. The Labute approximate surface area is 91.9 Å². The van der Waals surface area contributed by atoms with Gasteiger partial charge in [-0.25, -0.2) is 4.79 Å². The first kappa shape index (κ1) is 12.4. The minimum Gasteiger partial charge on any atom is -0.480 e. The molecule has 90 valence electrons. The van der Waals surface area contributed by atoms with Crippen LogP contribution in [0.1, 0.15) is 20.3 Å². The van der Waals surface area contributed by atoms with Crippen LogP contribution >= 0.6 is 0 Å². The van der Waals surface area contributed by atoms with Gasteiger partial charge in [-0.05, 0) is 20.3 Å². The van der Waals surface area contributed by atoms with Crippen LogP contribution in [0.3, 0.4) is 0 Å². The third kappa shape index (κ3) is 2.30. The average Bonchev–Trinajstić information content (AvgIpc) is 2.42. The van der Waals surface area contributed by atoms with Gasteiger partial charge in [0, 0.05) is 0 Å². The van der Waals surface area contributed by atoms with Gasteiger partial charge in [0.2, 0.25) is 0 Å². The fraction of sp³-hybridized carbons (Fsp3) is 0.667. The van der Waals surface area contributed by atoms with Crippen molar-refractivity contribution < 1.29 is 24.6 Å². The number of nitrogens with zero attached hydrogens (tertiary/aromatic N) is 1. The number of nitrogens with two attached hydrogens (primary N) is 1. The smallest absolute Gasteiger partial charge is 0.354 e. The van der Waals surface area contributed by atoms with Gasteiger partial charge < -0.3 is 20.8 Å². The SMILES string of the molecule is CC1(C)ON=C(C(=O)O)[C@H]1C[C@H](N)C(=O)O. The summed E-state index contributed by atoms with van der Waals surface area (Å²) < 4.78 is 0. The molecule has 1 heterocycles. The summed E-state index contributed by atoms with van der Waals surface area (Å²) in [5.74, 6) is -3.02. The summed E-state index contributed by atoms with van der Waals surface area (Å²) in [5.41, 5.74) is 4.35. The second kappa shape index (κ2) is 4.09. The monoisotopic (exact) mass is 230 g/mol. The summed E-state index contributed by atoms with van der Waals surface area (Å²) in [4.78, 5) is 26.4. The largest absolute Gasteiger partial charge is 0.480 e. The van der Waals surface area contributed by atoms with Crippen LogP contribution in [0.25, 0.3) is 0 Å². The van der Waals surface area contributed by atoms with E-state index < -0.39 is 29.5 Å². The molecule has 1 aliphatic heterocycles. The van der Waals surface area contributed by atoms with E-state index in [4.69, 9.17) is 20.8 Å². The molecule has 0 spiro atoms. The lowest BCUT2D eigenvalue weighted by atomic mass is 9.82. The van der Waals surface area contributed by atoms with E-state index in [9.17, 15) is 9.59 Å². The van der Waals surface area contributed by atoms with Crippen LogP contribution in [0.15, 0.2) is 5.16 Å². The van der Waals surface area contributed by atoms with Gasteiger partial charge in [0.1, 0.15) is 11.6 Å². The third-order valence-electron chi connectivity index (χ3n) is 2.57. The van der Waals surface area contributed by atoms with E-state index in [1.165, 1.54) is 0 Å². The van der Waals surface area contributed by atoms with Gasteiger partial charge in [0.05, 0.1) is 5.92 Å². The summed E-state index contributed by atoms with van der Waals surface area (Å²) >= 11 is 0. The molecule has 0 aromatic carbocycles. The van der Waals surface area contributed by atoms with Crippen molar-refractivity contribution in [1.29, 1.82) is 0 Å². The molecule has 0 saturated carbocycles. The Morgan fingerprint density at radius 2 is 2.12 bits per heavy atom. The van der Waals surface area contributed by atoms with Crippen molar-refractivity contribution in [3.8, 4) is 0 Å². The van der Waals surface area contributed by atoms with Gasteiger partial charge in [-0.3, -0.25) is 4.79 Å². The van der Waals surface area contributed by atoms with Gasteiger partial charge in [-0.1, -0.05) is 5.16 Å². The lowest BCUT2D eigenvalue weighted by Gasteiger charge is -2.25. The van der Waals surface area contributed by atoms with Gasteiger partial charge in [0.15, 0.2) is 5.71 Å². The van der Waals surface area contributed by atoms with Gasteiger partial charge in [0.25, 0.3) is 0 Å². The quantitative estimate of drug-likeness (QED) is 0.607. The number of aliphatic carboxylic acids is 2. The highest BCUT2D eigenvalue weighted by Gasteiger charge is 2.45. The van der Waals surface area contributed by atoms with Crippen molar-refractivity contribution in [2.75, 3.05) is 0 Å². The average molecular weight is 230 g/mol. The van der Waals surface area contributed by atoms with Crippen molar-refractivity contribution in [2.45, 2.75) is 31.9 Å². The summed E-state index contributed by atoms with van der Waals surface area (Å²) in [5, 5.41) is 21.0. The number of carboxylic acid groups (broad SMARTS) is 2. The lowest BCUT2D eigenvalue weighted by molar-refractivity contribution is -0.139. The second-order valence-corrected chi connectivity index (χ2v) is 4.21. The summed E-state index contributed by atoms with van der Waals surface area (Å²) in [6.45, 7) is 3.29. The number of hydrogen-bond acceptors (Lipinski definition) is 5. The molecule has 2 atom stereocenters. The predicted octanol–water partition coefficient (Wildman–Crippen LogP) is -0.346. The van der Waals surface area contributed by atoms with Gasteiger partial charge in [-0.2, -0.15) is 0 Å². The van der Waals surface area contributed by atoms with Crippen LogP contribution in [0.4, 0.5) is 0 Å². The fourth-order valence-corrected chi connectivity index (χ4v) is 1.56. The highest BCUT2D eigenvalue weighted by Crippen LogP contribution is 2.32. The normalized spacial score (nSPS) is 24.4. The van der Waals surface area contributed by atoms with Crippen LogP contribution in [0.2, 0.25) is 0 Å². The van der Waals surface area contributed by atoms with E-state index in [0.717, 1.165) is 0 Å². The molecule has 0 unspecified atom stereocenters. The van der Waals surface area contributed by atoms with Gasteiger partial charge >= 0.3 is 11.9 Å². The van der Waals surface area contributed by atoms with E-state index in [0.29, 0.717) is 0 Å². The maximum absolute atomic E-state index is 10.9. The molecule has 0 bridgehead atoms. The molecule has 1 aliphatic rings. The van der Waals surface area contributed by atoms with Crippen molar-refractivity contribution in [3.05, 3.63) is 0 Å². The lowest BCUT2D eigenvalue weighted by Crippen LogP contribution is -2.42. The predicted molar refractivity (Wildman–Crippen MR) is 54.0 cm³/mol. The molecule has 7 heteroatoms. The molecular weight excluding hydrogens is 216 g/mol. The van der Waals surface area contributed by atoms with Crippen LogP contribution in [0.5, 0.6) is 0 Å². The molecule has 0 aromatic heterocycles. The topological polar surface area (TPSA) is 122 Å². The van der Waals surface area contributed by atoms with E-state index in [1.54, 1.807) is 13.8 Å². The van der Waals surface area contributed by atoms with Crippen LogP contribution < -0.4 is 5.73 Å². The standard InChI is InChI=1S/C9H14N2O5/c1-9(2)4(3-5(10)7(12)13)6(8(14)15)11-16-9/h4-5H,3,10H2,1-2H3,(H,12,13)(H,14,15)/t4-,5+/m1/s1. The van der Waals surface area contributed by atoms with Gasteiger partial charge in [-0.15, -0.1) is 0 Å². The molecule has 0 aromatic rings. The summed E-state index contributed by atoms with van der Waals surface area (Å²) in [6.07, 6.45) is -0.0204. The molecule has 0 amide bonds. The molecule has 0 aliphatic carbocycles. The Balaban J connectivity index is 2.85. The number of carbonyl (C=O) groups is 2. The molecule has 4 N–H and O–H groups in total. The Hall–Kier alpha value is -1.63. The maximum Gasteiger partial charge on any atom is 0.354 e. The molecule has 16 heavy (non-hydrogen) atoms. The zero-order valence-corrected chi connectivity index (χ0v) is 9.01. The summed E-state index contributed by atoms with van der Waals surface area (Å²) in [7, 11) is 0. The molecule has 0 fully saturated rings. The molecule has 0 radical (unpaired) electrons. The minimum absolute atomic E-state index is 0.0204. The van der Waals surface area contributed by atoms with Crippen LogP contribution in [-0.2, 0) is 14.4 Å². The number of hydrogen-bond donors (Lipinski definition) is 3. The Bertz CT molecular complexity index is 350. The zero-order chi connectivity index (χ0) is 12.5. The maximum atomic E-state index is 10.9. The Kier molecular flexibility index (Phi) is 3.18. The van der Waals surface area contributed by atoms with E-state index in [2.05, 4.69) is 5.16 Å². The molecule has 0 saturated heterocycles. The number of rotatable bonds is 4. The Morgan fingerprint density at radius 1 is 1.56 bits per heavy atom. The first-order valence-electron chi connectivity index (χ1n) is 4.73. The minimum atomic E-state index is -1.21. The summed E-state index contributed by atoms with van der Waals surface area (Å²) in [6, 6.07) is -1.13.